The average Bonchev–Trinajstić information content (AvgIpc) is 3.44. The van der Waals surface area contributed by atoms with Crippen molar-refractivity contribution in [2.24, 2.45) is 5.92 Å². The van der Waals surface area contributed by atoms with Crippen LogP contribution in [0.4, 0.5) is 0 Å². The van der Waals surface area contributed by atoms with Crippen LogP contribution in [0.3, 0.4) is 0 Å². The van der Waals surface area contributed by atoms with Crippen molar-refractivity contribution >= 4 is 10.0 Å². The highest BCUT2D eigenvalue weighted by atomic mass is 32.2. The van der Waals surface area contributed by atoms with Gasteiger partial charge >= 0.3 is 0 Å². The molecule has 1 atom stereocenters. The van der Waals surface area contributed by atoms with Gasteiger partial charge in [-0.2, -0.15) is 4.31 Å². The maximum atomic E-state index is 13.3. The van der Waals surface area contributed by atoms with Gasteiger partial charge in [0.1, 0.15) is 28.5 Å². The second kappa shape index (κ2) is 8.45. The minimum atomic E-state index is -3.70. The number of rotatable bonds is 7. The molecule has 8 nitrogen and oxygen atoms in total. The zero-order valence-electron chi connectivity index (χ0n) is 16.9. The lowest BCUT2D eigenvalue weighted by Gasteiger charge is -2.19. The van der Waals surface area contributed by atoms with Crippen LogP contribution in [0.5, 0.6) is 11.5 Å². The Morgan fingerprint density at radius 3 is 2.63 bits per heavy atom. The van der Waals surface area contributed by atoms with Crippen LogP contribution in [0, 0.1) is 5.92 Å². The fraction of sp³-hybridized carbons (Fsp3) is 0.333. The molecule has 30 heavy (non-hydrogen) atoms. The molecule has 2 aromatic carbocycles. The Morgan fingerprint density at radius 2 is 1.90 bits per heavy atom. The fourth-order valence-electron chi connectivity index (χ4n) is 3.77. The fourth-order valence-corrected chi connectivity index (χ4v) is 5.47. The van der Waals surface area contributed by atoms with E-state index in [4.69, 9.17) is 9.47 Å². The number of aromatic nitrogens is 3. The van der Waals surface area contributed by atoms with Gasteiger partial charge in [-0.15, -0.1) is 10.2 Å². The number of benzene rings is 2. The Labute approximate surface area is 176 Å². The van der Waals surface area contributed by atoms with E-state index in [1.807, 2.05) is 34.9 Å². The van der Waals surface area contributed by atoms with Crippen molar-refractivity contribution in [3.8, 4) is 17.2 Å². The predicted octanol–water partition coefficient (Wildman–Crippen LogP) is 2.54. The van der Waals surface area contributed by atoms with Crippen molar-refractivity contribution in [2.75, 3.05) is 27.3 Å². The first kappa shape index (κ1) is 20.4. The van der Waals surface area contributed by atoms with E-state index in [1.165, 1.54) is 24.6 Å². The summed E-state index contributed by atoms with van der Waals surface area (Å²) in [5.74, 6) is 1.76. The first-order chi connectivity index (χ1) is 14.5. The third-order valence-electron chi connectivity index (χ3n) is 5.36. The van der Waals surface area contributed by atoms with E-state index >= 15 is 0 Å². The number of nitrogens with zero attached hydrogens (tertiary/aromatic N) is 4. The molecule has 4 rings (SSSR count). The number of methoxy groups -OCH3 is 2. The number of sulfonamides is 1. The van der Waals surface area contributed by atoms with Gasteiger partial charge in [0.05, 0.1) is 14.2 Å². The summed E-state index contributed by atoms with van der Waals surface area (Å²) in [5, 5.41) is 8.31. The van der Waals surface area contributed by atoms with Gasteiger partial charge in [-0.3, -0.25) is 4.57 Å². The molecule has 2 heterocycles. The van der Waals surface area contributed by atoms with Gasteiger partial charge in [0.2, 0.25) is 10.0 Å². The van der Waals surface area contributed by atoms with Crippen LogP contribution in [0.15, 0.2) is 59.8 Å². The molecule has 1 unspecified atom stereocenters. The van der Waals surface area contributed by atoms with Crippen LogP contribution in [-0.2, 0) is 16.4 Å². The van der Waals surface area contributed by atoms with Gasteiger partial charge in [-0.1, -0.05) is 18.2 Å². The largest absolute Gasteiger partial charge is 0.497 e. The van der Waals surface area contributed by atoms with E-state index in [0.717, 1.165) is 17.9 Å². The van der Waals surface area contributed by atoms with Gasteiger partial charge in [0.25, 0.3) is 0 Å². The van der Waals surface area contributed by atoms with E-state index in [2.05, 4.69) is 10.2 Å². The summed E-state index contributed by atoms with van der Waals surface area (Å²) >= 11 is 0. The molecule has 0 bridgehead atoms. The average molecular weight is 429 g/mol. The second-order valence-corrected chi connectivity index (χ2v) is 9.10. The SMILES string of the molecule is COc1ccc(OC)c(S(=O)(=O)N2CCC(Cc3nncn3-c3ccccc3)C2)c1. The molecule has 1 fully saturated rings. The highest BCUT2D eigenvalue weighted by molar-refractivity contribution is 7.89. The zero-order chi connectivity index (χ0) is 21.1. The molecule has 158 valence electrons. The molecule has 0 saturated carbocycles. The van der Waals surface area contributed by atoms with Gasteiger partial charge in [0.15, 0.2) is 0 Å². The molecule has 3 aromatic rings. The summed E-state index contributed by atoms with van der Waals surface area (Å²) in [6, 6.07) is 14.7. The van der Waals surface area contributed by atoms with E-state index < -0.39 is 10.0 Å². The number of ether oxygens (including phenoxy) is 2. The Kier molecular flexibility index (Phi) is 5.74. The third-order valence-corrected chi connectivity index (χ3v) is 7.25. The molecule has 0 N–H and O–H groups in total. The lowest BCUT2D eigenvalue weighted by atomic mass is 10.0. The summed E-state index contributed by atoms with van der Waals surface area (Å²) in [7, 11) is -0.733. The van der Waals surface area contributed by atoms with Crippen LogP contribution in [0.2, 0.25) is 0 Å². The van der Waals surface area contributed by atoms with Crippen molar-refractivity contribution < 1.29 is 17.9 Å². The molecule has 1 aliphatic rings. The van der Waals surface area contributed by atoms with E-state index in [0.29, 0.717) is 31.0 Å². The molecule has 1 saturated heterocycles. The zero-order valence-corrected chi connectivity index (χ0v) is 17.7. The maximum Gasteiger partial charge on any atom is 0.246 e. The smallest absolute Gasteiger partial charge is 0.246 e. The van der Waals surface area contributed by atoms with Crippen molar-refractivity contribution in [1.82, 2.24) is 19.1 Å². The summed E-state index contributed by atoms with van der Waals surface area (Å²) < 4.78 is 40.5. The highest BCUT2D eigenvalue weighted by Gasteiger charge is 2.35. The van der Waals surface area contributed by atoms with Gasteiger partial charge in [-0.05, 0) is 36.6 Å². The normalized spacial score (nSPS) is 17.2. The lowest BCUT2D eigenvalue weighted by molar-refractivity contribution is 0.387. The van der Waals surface area contributed by atoms with Crippen LogP contribution >= 0.6 is 0 Å². The lowest BCUT2D eigenvalue weighted by Crippen LogP contribution is -2.29. The Morgan fingerprint density at radius 1 is 1.10 bits per heavy atom. The quantitative estimate of drug-likeness (QED) is 0.575. The van der Waals surface area contributed by atoms with Crippen LogP contribution < -0.4 is 9.47 Å². The van der Waals surface area contributed by atoms with E-state index in [-0.39, 0.29) is 10.8 Å². The summed E-state index contributed by atoms with van der Waals surface area (Å²) in [4.78, 5) is 0.123. The van der Waals surface area contributed by atoms with Crippen molar-refractivity contribution in [3.05, 3.63) is 60.7 Å². The summed E-state index contributed by atoms with van der Waals surface area (Å²) in [6.07, 6.45) is 3.10. The van der Waals surface area contributed by atoms with Gasteiger partial charge < -0.3 is 9.47 Å². The highest BCUT2D eigenvalue weighted by Crippen LogP contribution is 2.33. The van der Waals surface area contributed by atoms with E-state index in [9.17, 15) is 8.42 Å². The molecule has 0 amide bonds. The molecular weight excluding hydrogens is 404 g/mol. The first-order valence-corrected chi connectivity index (χ1v) is 11.1. The van der Waals surface area contributed by atoms with Crippen LogP contribution in [0.25, 0.3) is 5.69 Å². The maximum absolute atomic E-state index is 13.3. The topological polar surface area (TPSA) is 86.6 Å². The van der Waals surface area contributed by atoms with Crippen molar-refractivity contribution in [2.45, 2.75) is 17.7 Å². The molecule has 0 spiro atoms. The van der Waals surface area contributed by atoms with Crippen LogP contribution in [0.1, 0.15) is 12.2 Å². The third kappa shape index (κ3) is 3.90. The molecule has 9 heteroatoms. The predicted molar refractivity (Wildman–Crippen MR) is 111 cm³/mol. The Hall–Kier alpha value is -2.91. The molecular formula is C21H24N4O4S. The number of hydrogen-bond donors (Lipinski definition) is 0. The summed E-state index contributed by atoms with van der Waals surface area (Å²) in [5.41, 5.74) is 0.987. The second-order valence-electron chi connectivity index (χ2n) is 7.19. The van der Waals surface area contributed by atoms with Crippen molar-refractivity contribution in [1.29, 1.82) is 0 Å². The van der Waals surface area contributed by atoms with Gasteiger partial charge in [0, 0.05) is 31.3 Å². The molecule has 0 aliphatic carbocycles. The summed E-state index contributed by atoms with van der Waals surface area (Å²) in [6.45, 7) is 0.872. The first-order valence-electron chi connectivity index (χ1n) is 9.69. The molecule has 1 aromatic heterocycles. The number of para-hydroxylation sites is 1. The molecule has 1 aliphatic heterocycles. The van der Waals surface area contributed by atoms with Gasteiger partial charge in [-0.25, -0.2) is 8.42 Å². The van der Waals surface area contributed by atoms with Crippen LogP contribution in [-0.4, -0.2) is 54.8 Å². The minimum absolute atomic E-state index is 0.123. The van der Waals surface area contributed by atoms with E-state index in [1.54, 1.807) is 18.5 Å². The monoisotopic (exact) mass is 428 g/mol. The number of hydrogen-bond acceptors (Lipinski definition) is 6. The Balaban J connectivity index is 1.53. The van der Waals surface area contributed by atoms with Crippen molar-refractivity contribution in [3.63, 3.8) is 0 Å². The molecule has 0 radical (unpaired) electrons. The Bertz CT molecular complexity index is 1120. The minimum Gasteiger partial charge on any atom is -0.497 e. The standard InChI is InChI=1S/C21H24N4O4S/c1-28-18-8-9-19(29-2)20(13-18)30(26,27)24-11-10-16(14-24)12-21-23-22-15-25(21)17-6-4-3-5-7-17/h3-9,13,15-16H,10-12,14H2,1-2H3.